The molecule has 1 atom stereocenters. The van der Waals surface area contributed by atoms with Gasteiger partial charge in [-0.05, 0) is 30.3 Å². The lowest BCUT2D eigenvalue weighted by atomic mass is 10.0. The molecule has 1 N–H and O–H groups in total. The van der Waals surface area contributed by atoms with Gasteiger partial charge in [0.25, 0.3) is 0 Å². The van der Waals surface area contributed by atoms with Crippen molar-refractivity contribution in [3.05, 3.63) is 54.0 Å². The van der Waals surface area contributed by atoms with Gasteiger partial charge in [0.05, 0.1) is 12.5 Å². The summed E-state index contributed by atoms with van der Waals surface area (Å²) in [6.07, 6.45) is 5.22. The Hall–Kier alpha value is -1.68. The molecule has 0 saturated heterocycles. The van der Waals surface area contributed by atoms with E-state index in [-0.39, 0.29) is 11.9 Å². The van der Waals surface area contributed by atoms with E-state index < -0.39 is 0 Å². The number of hydrogen-bond acceptors (Lipinski definition) is 3. The van der Waals surface area contributed by atoms with Crippen LogP contribution in [0.5, 0.6) is 0 Å². The van der Waals surface area contributed by atoms with Gasteiger partial charge in [-0.15, -0.1) is 0 Å². The topological polar surface area (TPSA) is 38.1 Å². The van der Waals surface area contributed by atoms with Crippen LogP contribution < -0.4 is 5.32 Å². The van der Waals surface area contributed by atoms with Gasteiger partial charge < -0.3 is 9.73 Å². The molecule has 17 heavy (non-hydrogen) atoms. The normalized spacial score (nSPS) is 12.6. The van der Waals surface area contributed by atoms with Crippen LogP contribution in [0.3, 0.4) is 0 Å². The van der Waals surface area contributed by atoms with Crippen molar-refractivity contribution in [2.24, 2.45) is 0 Å². The van der Waals surface area contributed by atoms with Crippen molar-refractivity contribution >= 4 is 0 Å². The van der Waals surface area contributed by atoms with E-state index in [4.69, 9.17) is 4.42 Å². The molecular formula is C13H15FN2O. The van der Waals surface area contributed by atoms with E-state index in [0.29, 0.717) is 6.42 Å². The van der Waals surface area contributed by atoms with Gasteiger partial charge >= 0.3 is 0 Å². The molecule has 0 radical (unpaired) electrons. The van der Waals surface area contributed by atoms with Crippen LogP contribution in [0.1, 0.15) is 24.3 Å². The first kappa shape index (κ1) is 11.8. The van der Waals surface area contributed by atoms with E-state index in [1.807, 2.05) is 19.1 Å². The van der Waals surface area contributed by atoms with Crippen molar-refractivity contribution in [3.63, 3.8) is 0 Å². The molecule has 90 valence electrons. The maximum Gasteiger partial charge on any atom is 0.141 e. The zero-order valence-electron chi connectivity index (χ0n) is 9.69. The van der Waals surface area contributed by atoms with Crippen LogP contribution in [0.25, 0.3) is 0 Å². The van der Waals surface area contributed by atoms with Gasteiger partial charge in [-0.1, -0.05) is 6.92 Å². The summed E-state index contributed by atoms with van der Waals surface area (Å²) in [7, 11) is 0. The van der Waals surface area contributed by atoms with Crippen molar-refractivity contribution in [3.8, 4) is 0 Å². The highest BCUT2D eigenvalue weighted by Gasteiger charge is 2.13. The zero-order valence-corrected chi connectivity index (χ0v) is 9.69. The van der Waals surface area contributed by atoms with Crippen molar-refractivity contribution in [2.75, 3.05) is 6.54 Å². The fourth-order valence-corrected chi connectivity index (χ4v) is 1.80. The summed E-state index contributed by atoms with van der Waals surface area (Å²) in [4.78, 5) is 3.87. The molecule has 3 nitrogen and oxygen atoms in total. The van der Waals surface area contributed by atoms with Crippen molar-refractivity contribution in [2.45, 2.75) is 19.4 Å². The summed E-state index contributed by atoms with van der Waals surface area (Å²) in [5, 5.41) is 3.30. The highest BCUT2D eigenvalue weighted by molar-refractivity contribution is 5.17. The van der Waals surface area contributed by atoms with E-state index >= 15 is 0 Å². The third-order valence-corrected chi connectivity index (χ3v) is 2.56. The lowest BCUT2D eigenvalue weighted by Gasteiger charge is -2.16. The SMILES string of the molecule is CCNC(Cc1ccco1)c1cncc(F)c1. The number of nitrogens with zero attached hydrogens (tertiary/aromatic N) is 1. The smallest absolute Gasteiger partial charge is 0.141 e. The Morgan fingerprint density at radius 1 is 1.47 bits per heavy atom. The second-order valence-corrected chi connectivity index (χ2v) is 3.83. The largest absolute Gasteiger partial charge is 0.469 e. The molecule has 2 aromatic rings. The molecule has 0 aliphatic rings. The Bertz CT molecular complexity index is 456. The van der Waals surface area contributed by atoms with Gasteiger partial charge in [0.15, 0.2) is 0 Å². The first-order valence-electron chi connectivity index (χ1n) is 5.66. The summed E-state index contributed by atoms with van der Waals surface area (Å²) in [6, 6.07) is 5.29. The van der Waals surface area contributed by atoms with E-state index in [0.717, 1.165) is 17.9 Å². The molecule has 0 amide bonds. The van der Waals surface area contributed by atoms with Crippen LogP contribution in [0, 0.1) is 5.82 Å². The number of pyridine rings is 1. The van der Waals surface area contributed by atoms with Crippen molar-refractivity contribution in [1.82, 2.24) is 10.3 Å². The number of nitrogens with one attached hydrogen (secondary N) is 1. The Morgan fingerprint density at radius 3 is 3.00 bits per heavy atom. The molecule has 2 rings (SSSR count). The third-order valence-electron chi connectivity index (χ3n) is 2.56. The van der Waals surface area contributed by atoms with E-state index in [9.17, 15) is 4.39 Å². The highest BCUT2D eigenvalue weighted by Crippen LogP contribution is 2.18. The Morgan fingerprint density at radius 2 is 2.35 bits per heavy atom. The molecule has 0 saturated carbocycles. The maximum absolute atomic E-state index is 13.1. The fourth-order valence-electron chi connectivity index (χ4n) is 1.80. The Labute approximate surface area is 99.7 Å². The fraction of sp³-hybridized carbons (Fsp3) is 0.308. The molecule has 0 aliphatic carbocycles. The van der Waals surface area contributed by atoms with Gasteiger partial charge in [0, 0.05) is 18.7 Å². The van der Waals surface area contributed by atoms with Crippen LogP contribution in [0.4, 0.5) is 4.39 Å². The maximum atomic E-state index is 13.1. The van der Waals surface area contributed by atoms with E-state index in [2.05, 4.69) is 10.3 Å². The van der Waals surface area contributed by atoms with Gasteiger partial charge in [-0.2, -0.15) is 0 Å². The predicted octanol–water partition coefficient (Wildman–Crippen LogP) is 2.71. The molecule has 0 spiro atoms. The van der Waals surface area contributed by atoms with Gasteiger partial charge in [-0.25, -0.2) is 4.39 Å². The molecule has 0 fully saturated rings. The molecule has 0 bridgehead atoms. The lowest BCUT2D eigenvalue weighted by Crippen LogP contribution is -2.23. The summed E-state index contributed by atoms with van der Waals surface area (Å²) in [5.74, 6) is 0.560. The van der Waals surface area contributed by atoms with Gasteiger partial charge in [0.1, 0.15) is 11.6 Å². The Kier molecular flexibility index (Phi) is 3.88. The summed E-state index contributed by atoms with van der Waals surface area (Å²) in [5.41, 5.74) is 0.836. The standard InChI is InChI=1S/C13H15FN2O/c1-2-16-13(7-12-4-3-5-17-12)10-6-11(14)9-15-8-10/h3-6,8-9,13,16H,2,7H2,1H3. The van der Waals surface area contributed by atoms with Crippen LogP contribution in [0.15, 0.2) is 41.3 Å². The van der Waals surface area contributed by atoms with Crippen LogP contribution >= 0.6 is 0 Å². The minimum absolute atomic E-state index is 0.0225. The molecule has 0 aliphatic heterocycles. The summed E-state index contributed by atoms with van der Waals surface area (Å²) >= 11 is 0. The Balaban J connectivity index is 2.16. The first-order chi connectivity index (χ1) is 8.29. The van der Waals surface area contributed by atoms with E-state index in [1.165, 1.54) is 12.3 Å². The van der Waals surface area contributed by atoms with Crippen LogP contribution in [-0.4, -0.2) is 11.5 Å². The quantitative estimate of drug-likeness (QED) is 0.864. The van der Waals surface area contributed by atoms with Crippen molar-refractivity contribution < 1.29 is 8.81 Å². The number of aromatic nitrogens is 1. The number of hydrogen-bond donors (Lipinski definition) is 1. The number of halogens is 1. The summed E-state index contributed by atoms with van der Waals surface area (Å²) < 4.78 is 18.4. The van der Waals surface area contributed by atoms with Crippen LogP contribution in [0.2, 0.25) is 0 Å². The monoisotopic (exact) mass is 234 g/mol. The number of rotatable bonds is 5. The van der Waals surface area contributed by atoms with Crippen molar-refractivity contribution in [1.29, 1.82) is 0 Å². The number of likely N-dealkylation sites (N-methyl/N-ethyl adjacent to an activating group) is 1. The second-order valence-electron chi connectivity index (χ2n) is 3.83. The van der Waals surface area contributed by atoms with E-state index in [1.54, 1.807) is 12.5 Å². The molecule has 4 heteroatoms. The minimum Gasteiger partial charge on any atom is -0.469 e. The molecular weight excluding hydrogens is 219 g/mol. The summed E-state index contributed by atoms with van der Waals surface area (Å²) in [6.45, 7) is 2.82. The molecule has 0 aromatic carbocycles. The molecule has 2 aromatic heterocycles. The zero-order chi connectivity index (χ0) is 12.1. The van der Waals surface area contributed by atoms with Gasteiger partial charge in [-0.3, -0.25) is 4.98 Å². The average Bonchev–Trinajstić information content (AvgIpc) is 2.81. The second kappa shape index (κ2) is 5.59. The third kappa shape index (κ3) is 3.14. The first-order valence-corrected chi connectivity index (χ1v) is 5.66. The molecule has 2 heterocycles. The predicted molar refractivity (Wildman–Crippen MR) is 63.0 cm³/mol. The number of furan rings is 1. The van der Waals surface area contributed by atoms with Gasteiger partial charge in [0.2, 0.25) is 0 Å². The van der Waals surface area contributed by atoms with Crippen LogP contribution in [-0.2, 0) is 6.42 Å². The highest BCUT2D eigenvalue weighted by atomic mass is 19.1. The minimum atomic E-state index is -0.315. The average molecular weight is 234 g/mol. The molecule has 1 unspecified atom stereocenters. The lowest BCUT2D eigenvalue weighted by molar-refractivity contribution is 0.453.